The van der Waals surface area contributed by atoms with Gasteiger partial charge in [0.2, 0.25) is 5.78 Å². The van der Waals surface area contributed by atoms with E-state index in [1.54, 1.807) is 13.8 Å². The zero-order valence-corrected chi connectivity index (χ0v) is 17.8. The Kier molecular flexibility index (Phi) is 8.13. The number of esters is 1. The molecule has 4 atom stereocenters. The van der Waals surface area contributed by atoms with E-state index in [4.69, 9.17) is 0 Å². The minimum Gasteiger partial charge on any atom is -0.460 e. The molecule has 0 bridgehead atoms. The Labute approximate surface area is 167 Å². The number of Topliss-reactive ketones (excluding diaryl/α,β-unsaturated/α-hetero) is 3. The zero-order valence-electron chi connectivity index (χ0n) is 17.8. The van der Waals surface area contributed by atoms with Gasteiger partial charge in [0.15, 0.2) is 11.6 Å². The third-order valence-electron chi connectivity index (χ3n) is 5.85. The van der Waals surface area contributed by atoms with E-state index in [1.807, 2.05) is 20.8 Å². The summed E-state index contributed by atoms with van der Waals surface area (Å²) in [7, 11) is 0. The lowest BCUT2D eigenvalue weighted by Crippen LogP contribution is -2.51. The summed E-state index contributed by atoms with van der Waals surface area (Å²) in [5, 5.41) is 11.1. The van der Waals surface area contributed by atoms with E-state index in [1.165, 1.54) is 6.92 Å². The van der Waals surface area contributed by atoms with Crippen LogP contribution in [-0.4, -0.2) is 40.6 Å². The highest BCUT2D eigenvalue weighted by atomic mass is 16.5. The quantitative estimate of drug-likeness (QED) is 0.309. The van der Waals surface area contributed by atoms with Crippen LogP contribution in [0.1, 0.15) is 67.2 Å². The van der Waals surface area contributed by atoms with E-state index in [-0.39, 0.29) is 12.5 Å². The van der Waals surface area contributed by atoms with Gasteiger partial charge in [0.1, 0.15) is 5.60 Å². The van der Waals surface area contributed by atoms with Gasteiger partial charge < -0.3 is 9.84 Å². The van der Waals surface area contributed by atoms with Crippen molar-refractivity contribution in [2.24, 2.45) is 23.2 Å². The van der Waals surface area contributed by atoms with E-state index >= 15 is 0 Å². The molecule has 0 amide bonds. The minimum absolute atomic E-state index is 0.0186. The Morgan fingerprint density at radius 3 is 2.32 bits per heavy atom. The minimum atomic E-state index is -1.23. The van der Waals surface area contributed by atoms with Crippen molar-refractivity contribution in [2.75, 3.05) is 6.61 Å². The predicted molar refractivity (Wildman–Crippen MR) is 104 cm³/mol. The third-order valence-corrected chi connectivity index (χ3v) is 5.85. The second kappa shape index (κ2) is 9.47. The summed E-state index contributed by atoms with van der Waals surface area (Å²) in [6, 6.07) is 0. The maximum atomic E-state index is 12.4. The van der Waals surface area contributed by atoms with Crippen LogP contribution < -0.4 is 0 Å². The molecule has 0 saturated heterocycles. The summed E-state index contributed by atoms with van der Waals surface area (Å²) in [6.07, 6.45) is 2.24. The number of ether oxygens (including phenoxy) is 1. The van der Waals surface area contributed by atoms with Gasteiger partial charge in [-0.25, -0.2) is 4.79 Å². The van der Waals surface area contributed by atoms with Gasteiger partial charge >= 0.3 is 5.97 Å². The summed E-state index contributed by atoms with van der Waals surface area (Å²) in [5.74, 6) is 0.617. The van der Waals surface area contributed by atoms with E-state index in [9.17, 15) is 24.3 Å². The first-order valence-electron chi connectivity index (χ1n) is 9.88. The standard InChI is InChI=1S/C22H32O6/c1-7-28-20(26)19(25)16(4)18(24)13-17(23)14(2)10-12-22(27)15(3)9-8-11-21(22,5)6/h14-16,27H,7-9,11,13H2,1-6H3/t14?,15-,16?,22-/m0/s1. The maximum Gasteiger partial charge on any atom is 0.375 e. The van der Waals surface area contributed by atoms with Crippen LogP contribution in [0.2, 0.25) is 0 Å². The fourth-order valence-corrected chi connectivity index (χ4v) is 3.51. The Bertz CT molecular complexity index is 696. The largest absolute Gasteiger partial charge is 0.460 e. The molecule has 0 aromatic rings. The average Bonchev–Trinajstić information content (AvgIpc) is 2.62. The SMILES string of the molecule is CCOC(=O)C(=O)C(C)C(=O)CC(=O)C(C)C#C[C@]1(O)[C@@H](C)CCCC1(C)C. The van der Waals surface area contributed by atoms with Crippen LogP contribution in [0.3, 0.4) is 0 Å². The molecule has 0 spiro atoms. The molecule has 6 heteroatoms. The van der Waals surface area contributed by atoms with Crippen molar-refractivity contribution in [3.63, 3.8) is 0 Å². The van der Waals surface area contributed by atoms with Crippen molar-refractivity contribution in [1.29, 1.82) is 0 Å². The number of carbonyl (C=O) groups excluding carboxylic acids is 4. The van der Waals surface area contributed by atoms with E-state index in [2.05, 4.69) is 16.6 Å². The first-order valence-corrected chi connectivity index (χ1v) is 9.88. The van der Waals surface area contributed by atoms with Crippen LogP contribution in [0.25, 0.3) is 0 Å². The molecule has 1 N–H and O–H groups in total. The number of hydrogen-bond acceptors (Lipinski definition) is 6. The number of ketones is 3. The molecular weight excluding hydrogens is 360 g/mol. The second-order valence-electron chi connectivity index (χ2n) is 8.35. The lowest BCUT2D eigenvalue weighted by molar-refractivity contribution is -0.156. The molecular formula is C22H32O6. The normalized spacial score (nSPS) is 25.6. The van der Waals surface area contributed by atoms with E-state index in [0.717, 1.165) is 19.3 Å². The molecule has 1 aliphatic carbocycles. The van der Waals surface area contributed by atoms with Gasteiger partial charge in [-0.2, -0.15) is 0 Å². The number of aliphatic hydroxyl groups is 1. The van der Waals surface area contributed by atoms with Crippen LogP contribution in [-0.2, 0) is 23.9 Å². The highest BCUT2D eigenvalue weighted by Gasteiger charge is 2.48. The van der Waals surface area contributed by atoms with Gasteiger partial charge in [-0.05, 0) is 39.5 Å². The summed E-state index contributed by atoms with van der Waals surface area (Å²) in [4.78, 5) is 47.8. The van der Waals surface area contributed by atoms with Gasteiger partial charge in [-0.3, -0.25) is 14.4 Å². The van der Waals surface area contributed by atoms with Crippen molar-refractivity contribution >= 4 is 23.3 Å². The first-order chi connectivity index (χ1) is 12.9. The van der Waals surface area contributed by atoms with Crippen molar-refractivity contribution < 1.29 is 29.0 Å². The molecule has 28 heavy (non-hydrogen) atoms. The highest BCUT2D eigenvalue weighted by Crippen LogP contribution is 2.46. The second-order valence-corrected chi connectivity index (χ2v) is 8.35. The highest BCUT2D eigenvalue weighted by molar-refractivity contribution is 6.38. The average molecular weight is 392 g/mol. The van der Waals surface area contributed by atoms with Crippen molar-refractivity contribution in [1.82, 2.24) is 0 Å². The molecule has 0 aromatic carbocycles. The Balaban J connectivity index is 2.81. The summed E-state index contributed by atoms with van der Waals surface area (Å²) >= 11 is 0. The Hall–Kier alpha value is -2.00. The van der Waals surface area contributed by atoms with Gasteiger partial charge in [-0.15, -0.1) is 0 Å². The van der Waals surface area contributed by atoms with Gasteiger partial charge in [-0.1, -0.05) is 39.0 Å². The molecule has 0 radical (unpaired) electrons. The molecule has 1 saturated carbocycles. The number of rotatable bonds is 7. The summed E-state index contributed by atoms with van der Waals surface area (Å²) in [5.41, 5.74) is -1.59. The summed E-state index contributed by atoms with van der Waals surface area (Å²) < 4.78 is 4.60. The van der Waals surface area contributed by atoms with Crippen LogP contribution >= 0.6 is 0 Å². The van der Waals surface area contributed by atoms with Crippen molar-refractivity contribution in [2.45, 2.75) is 72.8 Å². The molecule has 1 aliphatic rings. The lowest BCUT2D eigenvalue weighted by Gasteiger charge is -2.47. The monoisotopic (exact) mass is 392 g/mol. The zero-order chi connectivity index (χ0) is 21.7. The summed E-state index contributed by atoms with van der Waals surface area (Å²) in [6.45, 7) is 10.4. The molecule has 6 nitrogen and oxygen atoms in total. The maximum absolute atomic E-state index is 12.4. The molecule has 0 heterocycles. The predicted octanol–water partition coefficient (Wildman–Crippen LogP) is 2.50. The number of hydrogen-bond donors (Lipinski definition) is 1. The molecule has 156 valence electrons. The van der Waals surface area contributed by atoms with E-state index < -0.39 is 52.6 Å². The molecule has 1 fully saturated rings. The fraction of sp³-hybridized carbons (Fsp3) is 0.727. The molecule has 0 aromatic heterocycles. The fourth-order valence-electron chi connectivity index (χ4n) is 3.51. The molecule has 2 unspecified atom stereocenters. The Morgan fingerprint density at radius 2 is 1.79 bits per heavy atom. The number of carbonyl (C=O) groups is 4. The van der Waals surface area contributed by atoms with Crippen molar-refractivity contribution in [3.8, 4) is 11.8 Å². The topological polar surface area (TPSA) is 97.7 Å². The van der Waals surface area contributed by atoms with Crippen molar-refractivity contribution in [3.05, 3.63) is 0 Å². The first kappa shape index (κ1) is 24.0. The lowest BCUT2D eigenvalue weighted by atomic mass is 9.61. The van der Waals surface area contributed by atoms with Crippen LogP contribution in [0.5, 0.6) is 0 Å². The smallest absolute Gasteiger partial charge is 0.375 e. The van der Waals surface area contributed by atoms with Crippen LogP contribution in [0.15, 0.2) is 0 Å². The molecule has 0 aliphatic heterocycles. The Morgan fingerprint density at radius 1 is 1.18 bits per heavy atom. The van der Waals surface area contributed by atoms with E-state index in [0.29, 0.717) is 0 Å². The third kappa shape index (κ3) is 5.29. The molecule has 1 rings (SSSR count). The van der Waals surface area contributed by atoms with Gasteiger partial charge in [0, 0.05) is 5.41 Å². The van der Waals surface area contributed by atoms with Crippen LogP contribution in [0, 0.1) is 35.0 Å². The van der Waals surface area contributed by atoms with Gasteiger partial charge in [0.25, 0.3) is 0 Å². The van der Waals surface area contributed by atoms with Crippen LogP contribution in [0.4, 0.5) is 0 Å². The van der Waals surface area contributed by atoms with Gasteiger partial charge in [0.05, 0.1) is 24.9 Å².